The molecule has 1 fully saturated rings. The number of nitrogens with zero attached hydrogens (tertiary/aromatic N) is 1. The summed E-state index contributed by atoms with van der Waals surface area (Å²) in [5, 5.41) is 6.11. The molecule has 4 rings (SSSR count). The monoisotopic (exact) mass is 309 g/mol. The van der Waals surface area contributed by atoms with Gasteiger partial charge in [0.2, 0.25) is 11.8 Å². The third kappa shape index (κ3) is 2.52. The van der Waals surface area contributed by atoms with E-state index in [0.717, 1.165) is 22.6 Å². The van der Waals surface area contributed by atoms with Crippen molar-refractivity contribution < 1.29 is 9.53 Å². The number of H-pyrrole nitrogens is 1. The number of carbonyl (C=O) groups excluding carboxylic acids is 1. The van der Waals surface area contributed by atoms with Crippen LogP contribution in [0.3, 0.4) is 0 Å². The molecule has 1 aromatic carbocycles. The predicted molar refractivity (Wildman–Crippen MR) is 86.5 cm³/mol. The quantitative estimate of drug-likeness (QED) is 0.722. The number of rotatable bonds is 3. The predicted octanol–water partition coefficient (Wildman–Crippen LogP) is 1.73. The fourth-order valence-corrected chi connectivity index (χ4v) is 2.93. The van der Waals surface area contributed by atoms with E-state index in [-0.39, 0.29) is 17.5 Å². The summed E-state index contributed by atoms with van der Waals surface area (Å²) in [6.07, 6.45) is 4.61. The Kier molecular flexibility index (Phi) is 3.22. The van der Waals surface area contributed by atoms with Crippen LogP contribution in [0, 0.1) is 0 Å². The zero-order chi connectivity index (χ0) is 15.8. The second-order valence-corrected chi connectivity index (χ2v) is 5.70. The maximum atomic E-state index is 11.9. The Morgan fingerprint density at radius 3 is 2.83 bits per heavy atom. The molecule has 6 nitrogen and oxygen atoms in total. The molecular formula is C17H15N3O3. The van der Waals surface area contributed by atoms with Gasteiger partial charge in [0, 0.05) is 29.6 Å². The number of aromatic nitrogens is 2. The Hall–Kier alpha value is -2.89. The van der Waals surface area contributed by atoms with Crippen LogP contribution in [0.1, 0.15) is 12.8 Å². The lowest BCUT2D eigenvalue weighted by atomic mass is 10.1. The van der Waals surface area contributed by atoms with Gasteiger partial charge in [-0.1, -0.05) is 0 Å². The Morgan fingerprint density at radius 1 is 1.17 bits per heavy atom. The van der Waals surface area contributed by atoms with E-state index in [9.17, 15) is 9.59 Å². The topological polar surface area (TPSA) is 84.1 Å². The van der Waals surface area contributed by atoms with Crippen LogP contribution in [0.5, 0.6) is 5.88 Å². The fourth-order valence-electron chi connectivity index (χ4n) is 2.93. The third-order valence-electron chi connectivity index (χ3n) is 4.13. The Labute approximate surface area is 131 Å². The number of nitrogens with one attached hydrogen (secondary N) is 2. The largest absolute Gasteiger partial charge is 0.475 e. The summed E-state index contributed by atoms with van der Waals surface area (Å²) >= 11 is 0. The van der Waals surface area contributed by atoms with Gasteiger partial charge in [-0.05, 0) is 41.5 Å². The van der Waals surface area contributed by atoms with Crippen LogP contribution in [0.25, 0.3) is 21.5 Å². The molecule has 1 aliphatic rings. The molecule has 1 amide bonds. The van der Waals surface area contributed by atoms with E-state index >= 15 is 0 Å². The maximum Gasteiger partial charge on any atom is 0.255 e. The molecule has 3 heterocycles. The molecule has 2 aromatic heterocycles. The molecule has 6 heteroatoms. The smallest absolute Gasteiger partial charge is 0.255 e. The molecule has 1 saturated heterocycles. The van der Waals surface area contributed by atoms with Gasteiger partial charge in [-0.3, -0.25) is 9.59 Å². The van der Waals surface area contributed by atoms with Gasteiger partial charge in [-0.25, -0.2) is 4.98 Å². The molecule has 0 saturated carbocycles. The van der Waals surface area contributed by atoms with Gasteiger partial charge >= 0.3 is 0 Å². The molecule has 0 bridgehead atoms. The lowest BCUT2D eigenvalue weighted by Crippen LogP contribution is -2.31. The van der Waals surface area contributed by atoms with Crippen LogP contribution in [0.2, 0.25) is 0 Å². The molecule has 1 atom stereocenters. The first kappa shape index (κ1) is 13.8. The molecule has 116 valence electrons. The van der Waals surface area contributed by atoms with Crippen molar-refractivity contribution in [3.05, 3.63) is 47.0 Å². The van der Waals surface area contributed by atoms with Crippen molar-refractivity contribution in [1.29, 1.82) is 0 Å². The van der Waals surface area contributed by atoms with Gasteiger partial charge in [0.25, 0.3) is 5.56 Å². The van der Waals surface area contributed by atoms with E-state index in [4.69, 9.17) is 4.74 Å². The number of benzene rings is 1. The number of amides is 1. The molecule has 2 N–H and O–H groups in total. The number of pyridine rings is 2. The maximum absolute atomic E-state index is 11.9. The van der Waals surface area contributed by atoms with E-state index in [0.29, 0.717) is 24.3 Å². The highest BCUT2D eigenvalue weighted by molar-refractivity contribution is 5.99. The number of carbonyl (C=O) groups is 1. The first-order valence-electron chi connectivity index (χ1n) is 7.53. The summed E-state index contributed by atoms with van der Waals surface area (Å²) in [5.41, 5.74) is -0.114. The van der Waals surface area contributed by atoms with Crippen LogP contribution < -0.4 is 15.6 Å². The highest BCUT2D eigenvalue weighted by atomic mass is 16.5. The minimum absolute atomic E-state index is 0.0304. The Morgan fingerprint density at radius 2 is 2.00 bits per heavy atom. The van der Waals surface area contributed by atoms with Crippen molar-refractivity contribution in [1.82, 2.24) is 15.3 Å². The number of aromatic amines is 1. The summed E-state index contributed by atoms with van der Waals surface area (Å²) in [4.78, 5) is 30.1. The average Bonchev–Trinajstić information content (AvgIpc) is 2.97. The second kappa shape index (κ2) is 5.39. The summed E-state index contributed by atoms with van der Waals surface area (Å²) in [7, 11) is 0. The Bertz CT molecular complexity index is 964. The van der Waals surface area contributed by atoms with E-state index in [1.54, 1.807) is 12.4 Å². The summed E-state index contributed by atoms with van der Waals surface area (Å²) in [6.45, 7) is 0.394. The highest BCUT2D eigenvalue weighted by Crippen LogP contribution is 2.27. The third-order valence-corrected chi connectivity index (χ3v) is 4.13. The minimum Gasteiger partial charge on any atom is -0.475 e. The summed E-state index contributed by atoms with van der Waals surface area (Å²) < 4.78 is 5.82. The number of fused-ring (bicyclic) bond motifs is 2. The Balaban J connectivity index is 1.72. The number of hydrogen-bond donors (Lipinski definition) is 2. The lowest BCUT2D eigenvalue weighted by Gasteiger charge is -2.13. The van der Waals surface area contributed by atoms with E-state index in [2.05, 4.69) is 15.3 Å². The molecule has 0 aliphatic carbocycles. The van der Waals surface area contributed by atoms with E-state index < -0.39 is 0 Å². The lowest BCUT2D eigenvalue weighted by molar-refractivity contribution is -0.119. The molecule has 0 unspecified atom stereocenters. The van der Waals surface area contributed by atoms with Gasteiger partial charge in [-0.2, -0.15) is 0 Å². The van der Waals surface area contributed by atoms with Gasteiger partial charge < -0.3 is 15.0 Å². The normalized spacial score (nSPS) is 17.6. The molecule has 23 heavy (non-hydrogen) atoms. The van der Waals surface area contributed by atoms with E-state index in [1.165, 1.54) is 0 Å². The highest BCUT2D eigenvalue weighted by Gasteiger charge is 2.21. The van der Waals surface area contributed by atoms with Gasteiger partial charge in [0.15, 0.2) is 0 Å². The van der Waals surface area contributed by atoms with Crippen molar-refractivity contribution in [3.63, 3.8) is 0 Å². The summed E-state index contributed by atoms with van der Waals surface area (Å²) in [5.74, 6) is 0.584. The first-order chi connectivity index (χ1) is 11.2. The SMILES string of the molecule is O=C1CC[C@@H](COc2nccc3cc4c(=O)[nH]ccc4cc23)N1. The van der Waals surface area contributed by atoms with Crippen molar-refractivity contribution >= 4 is 27.5 Å². The zero-order valence-electron chi connectivity index (χ0n) is 12.3. The van der Waals surface area contributed by atoms with Crippen molar-refractivity contribution in [2.45, 2.75) is 18.9 Å². The molecule has 3 aromatic rings. The number of ether oxygens (including phenoxy) is 1. The van der Waals surface area contributed by atoms with Gasteiger partial charge in [0.05, 0.1) is 6.04 Å². The van der Waals surface area contributed by atoms with Crippen LogP contribution in [-0.4, -0.2) is 28.5 Å². The second-order valence-electron chi connectivity index (χ2n) is 5.70. The van der Waals surface area contributed by atoms with Gasteiger partial charge in [-0.15, -0.1) is 0 Å². The van der Waals surface area contributed by atoms with Crippen LogP contribution in [0.15, 0.2) is 41.5 Å². The van der Waals surface area contributed by atoms with Crippen molar-refractivity contribution in [2.24, 2.45) is 0 Å². The minimum atomic E-state index is -0.114. The molecule has 0 radical (unpaired) electrons. The molecule has 0 spiro atoms. The van der Waals surface area contributed by atoms with E-state index in [1.807, 2.05) is 24.3 Å². The standard InChI is InChI=1S/C17H15N3O3/c21-15-2-1-12(20-15)9-23-17-14-8-10-3-5-18-16(22)13(10)7-11(14)4-6-19-17/h3-8,12H,1-2,9H2,(H,18,22)(H,20,21)/t12-/m0/s1. The number of hydrogen-bond acceptors (Lipinski definition) is 4. The van der Waals surface area contributed by atoms with Gasteiger partial charge in [0.1, 0.15) is 6.61 Å². The average molecular weight is 309 g/mol. The van der Waals surface area contributed by atoms with Crippen LogP contribution >= 0.6 is 0 Å². The first-order valence-corrected chi connectivity index (χ1v) is 7.53. The zero-order valence-corrected chi connectivity index (χ0v) is 12.3. The molecular weight excluding hydrogens is 294 g/mol. The molecule has 1 aliphatic heterocycles. The van der Waals surface area contributed by atoms with Crippen LogP contribution in [-0.2, 0) is 4.79 Å². The fraction of sp³-hybridized carbons (Fsp3) is 0.235. The van der Waals surface area contributed by atoms with Crippen molar-refractivity contribution in [3.8, 4) is 5.88 Å². The summed E-state index contributed by atoms with van der Waals surface area (Å²) in [6, 6.07) is 7.49. The van der Waals surface area contributed by atoms with Crippen LogP contribution in [0.4, 0.5) is 0 Å². The van der Waals surface area contributed by atoms with Crippen molar-refractivity contribution in [2.75, 3.05) is 6.61 Å².